The van der Waals surface area contributed by atoms with Gasteiger partial charge in [0, 0.05) is 4.47 Å². The average Bonchev–Trinajstić information content (AvgIpc) is 2.76. The molecule has 0 fully saturated rings. The molecule has 0 aliphatic carbocycles. The Morgan fingerprint density at radius 2 is 1.80 bits per heavy atom. The summed E-state index contributed by atoms with van der Waals surface area (Å²) in [5, 5.41) is 4.48. The van der Waals surface area contributed by atoms with Gasteiger partial charge in [0.1, 0.15) is 0 Å². The van der Waals surface area contributed by atoms with Crippen molar-refractivity contribution in [3.63, 3.8) is 0 Å². The van der Waals surface area contributed by atoms with Crippen molar-refractivity contribution < 1.29 is 4.79 Å². The molecule has 4 rings (SSSR count). The minimum absolute atomic E-state index is 0.00828. The van der Waals surface area contributed by atoms with Crippen LogP contribution in [0.5, 0.6) is 0 Å². The van der Waals surface area contributed by atoms with E-state index in [1.807, 2.05) is 54.6 Å². The van der Waals surface area contributed by atoms with Gasteiger partial charge in [-0.05, 0) is 35.4 Å². The summed E-state index contributed by atoms with van der Waals surface area (Å²) in [6, 6.07) is 23.9. The van der Waals surface area contributed by atoms with E-state index in [4.69, 9.17) is 0 Å². The zero-order valence-corrected chi connectivity index (χ0v) is 17.4. The van der Waals surface area contributed by atoms with Gasteiger partial charge in [0.15, 0.2) is 0 Å². The Kier molecular flexibility index (Phi) is 5.81. The maximum Gasteiger partial charge on any atom is 0.307 e. The van der Waals surface area contributed by atoms with Crippen molar-refractivity contribution in [2.75, 3.05) is 0 Å². The number of carbonyl (C=O) groups excluding carboxylic acids is 1. The van der Waals surface area contributed by atoms with Gasteiger partial charge in [-0.2, -0.15) is 5.10 Å². The van der Waals surface area contributed by atoms with E-state index in [1.165, 1.54) is 10.8 Å². The Morgan fingerprint density at radius 3 is 2.60 bits per heavy atom. The molecular formula is C23H17BrN4O2. The molecule has 30 heavy (non-hydrogen) atoms. The molecule has 1 N–H and O–H groups in total. The summed E-state index contributed by atoms with van der Waals surface area (Å²) in [5.74, 6) is -0.547. The van der Waals surface area contributed by atoms with Crippen LogP contribution in [0.25, 0.3) is 10.9 Å². The predicted octanol–water partition coefficient (Wildman–Crippen LogP) is 3.97. The van der Waals surface area contributed by atoms with Gasteiger partial charge in [0.2, 0.25) is 5.82 Å². The first kappa shape index (κ1) is 19.7. The van der Waals surface area contributed by atoms with Gasteiger partial charge >= 0.3 is 5.91 Å². The lowest BCUT2D eigenvalue weighted by molar-refractivity contribution is 0.0939. The number of aromatic nitrogens is 2. The highest BCUT2D eigenvalue weighted by Crippen LogP contribution is 2.11. The molecule has 0 saturated heterocycles. The molecule has 0 aliphatic heterocycles. The minimum atomic E-state index is -0.556. The molecule has 4 aromatic rings. The van der Waals surface area contributed by atoms with E-state index >= 15 is 0 Å². The molecule has 0 bridgehead atoms. The largest absolute Gasteiger partial charge is 0.307 e. The number of para-hydroxylation sites is 1. The number of rotatable bonds is 5. The van der Waals surface area contributed by atoms with Crippen LogP contribution in [0.3, 0.4) is 0 Å². The van der Waals surface area contributed by atoms with E-state index in [2.05, 4.69) is 31.4 Å². The smallest absolute Gasteiger partial charge is 0.283 e. The maximum absolute atomic E-state index is 13.1. The van der Waals surface area contributed by atoms with E-state index in [1.54, 1.807) is 24.3 Å². The van der Waals surface area contributed by atoms with Crippen LogP contribution in [0.1, 0.15) is 21.7 Å². The number of halogens is 1. The van der Waals surface area contributed by atoms with Crippen LogP contribution in [-0.4, -0.2) is 21.7 Å². The topological polar surface area (TPSA) is 76.3 Å². The Hall–Kier alpha value is -3.58. The second-order valence-electron chi connectivity index (χ2n) is 6.58. The van der Waals surface area contributed by atoms with Gasteiger partial charge in [-0.15, -0.1) is 0 Å². The molecule has 0 aliphatic rings. The lowest BCUT2D eigenvalue weighted by Gasteiger charge is -2.12. The van der Waals surface area contributed by atoms with E-state index in [-0.39, 0.29) is 17.9 Å². The number of benzene rings is 3. The summed E-state index contributed by atoms with van der Waals surface area (Å²) >= 11 is 3.39. The standard InChI is InChI=1S/C23H17BrN4O2/c24-18-10-6-9-17(13-18)14-25-27-22(29)21-26-20-12-5-4-11-19(20)23(30)28(21)15-16-7-2-1-3-8-16/h1-14H,15H2,(H,27,29)/b25-14-. The van der Waals surface area contributed by atoms with Crippen molar-refractivity contribution in [1.82, 2.24) is 15.0 Å². The molecule has 7 heteroatoms. The molecule has 0 spiro atoms. The number of hydrazone groups is 1. The number of hydrogen-bond acceptors (Lipinski definition) is 4. The fourth-order valence-corrected chi connectivity index (χ4v) is 3.47. The molecule has 148 valence electrons. The Labute approximate surface area is 181 Å². The zero-order valence-electron chi connectivity index (χ0n) is 15.8. The summed E-state index contributed by atoms with van der Waals surface area (Å²) in [5.41, 5.74) is 4.38. The van der Waals surface area contributed by atoms with E-state index in [0.29, 0.717) is 10.9 Å². The second kappa shape index (κ2) is 8.84. The quantitative estimate of drug-likeness (QED) is 0.361. The number of carbonyl (C=O) groups is 1. The van der Waals surface area contributed by atoms with Gasteiger partial charge in [-0.25, -0.2) is 10.4 Å². The third-order valence-electron chi connectivity index (χ3n) is 4.48. The van der Waals surface area contributed by atoms with Gasteiger partial charge in [0.05, 0.1) is 23.7 Å². The van der Waals surface area contributed by atoms with Crippen LogP contribution in [0.2, 0.25) is 0 Å². The van der Waals surface area contributed by atoms with E-state index in [0.717, 1.165) is 15.6 Å². The van der Waals surface area contributed by atoms with E-state index in [9.17, 15) is 9.59 Å². The highest BCUT2D eigenvalue weighted by molar-refractivity contribution is 9.10. The molecule has 1 aromatic heterocycles. The fourth-order valence-electron chi connectivity index (χ4n) is 3.06. The highest BCUT2D eigenvalue weighted by atomic mass is 79.9. The molecule has 0 unspecified atom stereocenters. The Morgan fingerprint density at radius 1 is 1.03 bits per heavy atom. The normalized spacial score (nSPS) is 11.1. The van der Waals surface area contributed by atoms with E-state index < -0.39 is 5.91 Å². The molecule has 0 saturated carbocycles. The van der Waals surface area contributed by atoms with Crippen molar-refractivity contribution in [2.24, 2.45) is 5.10 Å². The average molecular weight is 461 g/mol. The van der Waals surface area contributed by atoms with Crippen molar-refractivity contribution >= 4 is 39.0 Å². The lowest BCUT2D eigenvalue weighted by atomic mass is 10.2. The molecule has 0 radical (unpaired) electrons. The summed E-state index contributed by atoms with van der Waals surface area (Å²) in [4.78, 5) is 30.4. The zero-order chi connectivity index (χ0) is 20.9. The number of amides is 1. The monoisotopic (exact) mass is 460 g/mol. The first-order chi connectivity index (χ1) is 14.6. The number of hydrogen-bond donors (Lipinski definition) is 1. The minimum Gasteiger partial charge on any atom is -0.283 e. The molecule has 3 aromatic carbocycles. The molecular weight excluding hydrogens is 444 g/mol. The SMILES string of the molecule is O=C(N/N=C\c1cccc(Br)c1)c1nc2ccccc2c(=O)n1Cc1ccccc1. The predicted molar refractivity (Wildman–Crippen MR) is 121 cm³/mol. The van der Waals surface area contributed by atoms with Gasteiger partial charge in [0.25, 0.3) is 5.56 Å². The fraction of sp³-hybridized carbons (Fsp3) is 0.0435. The van der Waals surface area contributed by atoms with Crippen LogP contribution in [0, 0.1) is 0 Å². The second-order valence-corrected chi connectivity index (χ2v) is 7.50. The number of nitrogens with zero attached hydrogens (tertiary/aromatic N) is 3. The van der Waals surface area contributed by atoms with Crippen LogP contribution < -0.4 is 11.0 Å². The third-order valence-corrected chi connectivity index (χ3v) is 4.97. The molecule has 1 amide bonds. The maximum atomic E-state index is 13.1. The molecule has 1 heterocycles. The lowest BCUT2D eigenvalue weighted by Crippen LogP contribution is -2.32. The number of fused-ring (bicyclic) bond motifs is 1. The third kappa shape index (κ3) is 4.36. The summed E-state index contributed by atoms with van der Waals surface area (Å²) in [7, 11) is 0. The van der Waals surface area contributed by atoms with Crippen LogP contribution in [0.4, 0.5) is 0 Å². The van der Waals surface area contributed by atoms with Crippen molar-refractivity contribution in [3.05, 3.63) is 111 Å². The first-order valence-electron chi connectivity index (χ1n) is 9.24. The van der Waals surface area contributed by atoms with Gasteiger partial charge in [-0.3, -0.25) is 14.2 Å². The Balaban J connectivity index is 1.70. The van der Waals surface area contributed by atoms with Crippen molar-refractivity contribution in [1.29, 1.82) is 0 Å². The molecule has 0 atom stereocenters. The van der Waals surface area contributed by atoms with Crippen LogP contribution in [0.15, 0.2) is 93.2 Å². The summed E-state index contributed by atoms with van der Waals surface area (Å²) in [6.07, 6.45) is 1.53. The number of nitrogens with one attached hydrogen (secondary N) is 1. The van der Waals surface area contributed by atoms with Crippen molar-refractivity contribution in [2.45, 2.75) is 6.54 Å². The summed E-state index contributed by atoms with van der Waals surface area (Å²) < 4.78 is 2.28. The summed E-state index contributed by atoms with van der Waals surface area (Å²) in [6.45, 7) is 0.232. The molecule has 6 nitrogen and oxygen atoms in total. The first-order valence-corrected chi connectivity index (χ1v) is 10.0. The van der Waals surface area contributed by atoms with Crippen LogP contribution in [-0.2, 0) is 6.54 Å². The Bertz CT molecular complexity index is 1300. The van der Waals surface area contributed by atoms with Gasteiger partial charge in [-0.1, -0.05) is 70.5 Å². The van der Waals surface area contributed by atoms with Crippen molar-refractivity contribution in [3.8, 4) is 0 Å². The van der Waals surface area contributed by atoms with Crippen LogP contribution >= 0.6 is 15.9 Å². The van der Waals surface area contributed by atoms with Gasteiger partial charge < -0.3 is 0 Å². The highest BCUT2D eigenvalue weighted by Gasteiger charge is 2.17.